The summed E-state index contributed by atoms with van der Waals surface area (Å²) in [6.07, 6.45) is 1.67. The van der Waals surface area contributed by atoms with Gasteiger partial charge < -0.3 is 24.5 Å². The molecule has 126 valence electrons. The number of rotatable bonds is 7. The summed E-state index contributed by atoms with van der Waals surface area (Å²) >= 11 is 0. The summed E-state index contributed by atoms with van der Waals surface area (Å²) < 4.78 is 16.4. The molecule has 0 atom stereocenters. The predicted octanol–water partition coefficient (Wildman–Crippen LogP) is 2.94. The Hall–Kier alpha value is -2.91. The number of nitrogens with zero attached hydrogens (tertiary/aromatic N) is 1. The van der Waals surface area contributed by atoms with Crippen LogP contribution in [-0.2, 0) is 6.54 Å². The van der Waals surface area contributed by atoms with E-state index in [2.05, 4.69) is 22.9 Å². The molecule has 0 saturated carbocycles. The number of nitriles is 1. The van der Waals surface area contributed by atoms with Gasteiger partial charge in [-0.1, -0.05) is 12.7 Å². The maximum Gasteiger partial charge on any atom is 0.203 e. The number of ether oxygens (including phenoxy) is 3. The second-order valence-corrected chi connectivity index (χ2v) is 5.00. The molecule has 0 saturated heterocycles. The van der Waals surface area contributed by atoms with Crippen molar-refractivity contribution in [2.45, 2.75) is 6.54 Å². The molecule has 0 bridgehead atoms. The van der Waals surface area contributed by atoms with Gasteiger partial charge in [-0.05, 0) is 19.2 Å². The second kappa shape index (κ2) is 7.57. The Labute approximate surface area is 141 Å². The topological polar surface area (TPSA) is 79.3 Å². The van der Waals surface area contributed by atoms with E-state index in [0.717, 1.165) is 22.4 Å². The van der Waals surface area contributed by atoms with Crippen LogP contribution in [0.15, 0.2) is 18.7 Å². The van der Waals surface area contributed by atoms with Crippen molar-refractivity contribution >= 4 is 6.08 Å². The molecule has 0 aliphatic carbocycles. The predicted molar refractivity (Wildman–Crippen MR) is 93.5 cm³/mol. The summed E-state index contributed by atoms with van der Waals surface area (Å²) in [7, 11) is 6.55. The quantitative estimate of drug-likeness (QED) is 0.817. The van der Waals surface area contributed by atoms with Crippen LogP contribution in [0.5, 0.6) is 17.2 Å². The van der Waals surface area contributed by atoms with Gasteiger partial charge in [0.25, 0.3) is 0 Å². The number of hydrogen-bond donors (Lipinski definition) is 2. The van der Waals surface area contributed by atoms with Gasteiger partial charge in [0.05, 0.1) is 21.3 Å². The van der Waals surface area contributed by atoms with E-state index in [9.17, 15) is 5.26 Å². The Morgan fingerprint density at radius 1 is 1.21 bits per heavy atom. The van der Waals surface area contributed by atoms with Crippen molar-refractivity contribution in [3.63, 3.8) is 0 Å². The van der Waals surface area contributed by atoms with Gasteiger partial charge >= 0.3 is 0 Å². The van der Waals surface area contributed by atoms with E-state index in [0.29, 0.717) is 29.5 Å². The minimum atomic E-state index is 0.460. The largest absolute Gasteiger partial charge is 0.493 e. The van der Waals surface area contributed by atoms with E-state index < -0.39 is 0 Å². The van der Waals surface area contributed by atoms with Crippen LogP contribution in [0, 0.1) is 11.3 Å². The number of hydrogen-bond acceptors (Lipinski definition) is 5. The molecule has 0 unspecified atom stereocenters. The Balaban J connectivity index is 2.83. The van der Waals surface area contributed by atoms with Crippen LogP contribution in [0.2, 0.25) is 0 Å². The van der Waals surface area contributed by atoms with Crippen molar-refractivity contribution in [3.05, 3.63) is 35.7 Å². The first-order valence-corrected chi connectivity index (χ1v) is 7.38. The van der Waals surface area contributed by atoms with Gasteiger partial charge in [0.1, 0.15) is 11.8 Å². The monoisotopic (exact) mass is 327 g/mol. The third-order valence-electron chi connectivity index (χ3n) is 3.76. The molecule has 2 N–H and O–H groups in total. The fraction of sp³-hybridized carbons (Fsp3) is 0.278. The molecule has 6 heteroatoms. The molecule has 1 aromatic carbocycles. The van der Waals surface area contributed by atoms with E-state index in [-0.39, 0.29) is 0 Å². The first-order valence-electron chi connectivity index (χ1n) is 7.38. The molecular weight excluding hydrogens is 306 g/mol. The van der Waals surface area contributed by atoms with Crippen molar-refractivity contribution in [1.82, 2.24) is 10.3 Å². The number of benzene rings is 1. The van der Waals surface area contributed by atoms with Gasteiger partial charge in [0.2, 0.25) is 5.75 Å². The van der Waals surface area contributed by atoms with Crippen LogP contribution in [0.25, 0.3) is 17.2 Å². The van der Waals surface area contributed by atoms with Crippen molar-refractivity contribution in [2.24, 2.45) is 0 Å². The third kappa shape index (κ3) is 2.82. The van der Waals surface area contributed by atoms with Crippen LogP contribution >= 0.6 is 0 Å². The second-order valence-electron chi connectivity index (χ2n) is 5.00. The van der Waals surface area contributed by atoms with Gasteiger partial charge in [-0.3, -0.25) is 0 Å². The zero-order valence-electron chi connectivity index (χ0n) is 14.3. The highest BCUT2D eigenvalue weighted by Crippen LogP contribution is 2.46. The molecule has 0 fully saturated rings. The minimum absolute atomic E-state index is 0.460. The lowest BCUT2D eigenvalue weighted by Crippen LogP contribution is -2.07. The van der Waals surface area contributed by atoms with E-state index in [1.54, 1.807) is 27.4 Å². The SMILES string of the molecule is C=Cc1c(C#N)[nH]c(CNC)c1-c1ccc(OC)c(OC)c1OC. The molecule has 0 radical (unpaired) electrons. The first-order chi connectivity index (χ1) is 11.7. The van der Waals surface area contributed by atoms with Crippen molar-refractivity contribution in [1.29, 1.82) is 5.26 Å². The molecule has 6 nitrogen and oxygen atoms in total. The van der Waals surface area contributed by atoms with Gasteiger partial charge in [0, 0.05) is 28.9 Å². The molecule has 24 heavy (non-hydrogen) atoms. The Morgan fingerprint density at radius 2 is 1.92 bits per heavy atom. The average molecular weight is 327 g/mol. The van der Waals surface area contributed by atoms with Gasteiger partial charge in [-0.25, -0.2) is 0 Å². The summed E-state index contributed by atoms with van der Waals surface area (Å²) in [5.41, 5.74) is 3.71. The summed E-state index contributed by atoms with van der Waals surface area (Å²) in [5, 5.41) is 12.5. The summed E-state index contributed by atoms with van der Waals surface area (Å²) in [5.74, 6) is 1.62. The lowest BCUT2D eigenvalue weighted by molar-refractivity contribution is 0.325. The Bertz CT molecular complexity index is 788. The van der Waals surface area contributed by atoms with Gasteiger partial charge in [-0.2, -0.15) is 5.26 Å². The van der Waals surface area contributed by atoms with Crippen molar-refractivity contribution in [3.8, 4) is 34.4 Å². The first kappa shape index (κ1) is 17.4. The van der Waals surface area contributed by atoms with Crippen molar-refractivity contribution < 1.29 is 14.2 Å². The molecule has 0 aliphatic heterocycles. The third-order valence-corrected chi connectivity index (χ3v) is 3.76. The van der Waals surface area contributed by atoms with E-state index in [4.69, 9.17) is 14.2 Å². The standard InChI is InChI=1S/C18H21N3O3/c1-6-11-13(9-19)21-14(10-20-2)16(11)12-7-8-15(22-3)18(24-5)17(12)23-4/h6-8,20-21H,1,10H2,2-5H3. The van der Waals surface area contributed by atoms with Gasteiger partial charge in [-0.15, -0.1) is 0 Å². The molecule has 2 aromatic rings. The molecule has 1 aromatic heterocycles. The Kier molecular flexibility index (Phi) is 5.51. The van der Waals surface area contributed by atoms with Crippen LogP contribution in [0.1, 0.15) is 17.0 Å². The van der Waals surface area contributed by atoms with E-state index in [1.807, 2.05) is 19.2 Å². The van der Waals surface area contributed by atoms with E-state index in [1.165, 1.54) is 0 Å². The highest BCUT2D eigenvalue weighted by Gasteiger charge is 2.23. The molecule has 1 heterocycles. The average Bonchev–Trinajstić information content (AvgIpc) is 2.97. The normalized spacial score (nSPS) is 10.1. The zero-order valence-corrected chi connectivity index (χ0v) is 14.3. The Morgan fingerprint density at radius 3 is 2.42 bits per heavy atom. The molecule has 0 amide bonds. The van der Waals surface area contributed by atoms with Gasteiger partial charge in [0.15, 0.2) is 11.5 Å². The van der Waals surface area contributed by atoms with Crippen molar-refractivity contribution in [2.75, 3.05) is 28.4 Å². The molecule has 0 aliphatic rings. The highest BCUT2D eigenvalue weighted by atomic mass is 16.5. The number of methoxy groups -OCH3 is 3. The lowest BCUT2D eigenvalue weighted by Gasteiger charge is -2.17. The smallest absolute Gasteiger partial charge is 0.203 e. The summed E-state index contributed by atoms with van der Waals surface area (Å²) in [6.45, 7) is 4.41. The number of nitrogens with one attached hydrogen (secondary N) is 2. The summed E-state index contributed by atoms with van der Waals surface area (Å²) in [6, 6.07) is 5.87. The van der Waals surface area contributed by atoms with Crippen LogP contribution in [0.4, 0.5) is 0 Å². The zero-order chi connectivity index (χ0) is 17.7. The summed E-state index contributed by atoms with van der Waals surface area (Å²) in [4.78, 5) is 3.15. The lowest BCUT2D eigenvalue weighted by atomic mass is 9.98. The molecule has 2 rings (SSSR count). The minimum Gasteiger partial charge on any atom is -0.493 e. The number of aromatic nitrogens is 1. The number of H-pyrrole nitrogens is 1. The van der Waals surface area contributed by atoms with Crippen LogP contribution in [0.3, 0.4) is 0 Å². The highest BCUT2D eigenvalue weighted by molar-refractivity contribution is 5.86. The number of aromatic amines is 1. The maximum atomic E-state index is 9.39. The molecule has 0 spiro atoms. The van der Waals surface area contributed by atoms with Crippen LogP contribution < -0.4 is 19.5 Å². The maximum absolute atomic E-state index is 9.39. The fourth-order valence-corrected chi connectivity index (χ4v) is 2.78. The fourth-order valence-electron chi connectivity index (χ4n) is 2.78. The van der Waals surface area contributed by atoms with E-state index >= 15 is 0 Å². The van der Waals surface area contributed by atoms with Crippen LogP contribution in [-0.4, -0.2) is 33.4 Å². The molecular formula is C18H21N3O3.